The van der Waals surface area contributed by atoms with Crippen molar-refractivity contribution in [2.75, 3.05) is 18.2 Å². The monoisotopic (exact) mass is 306 g/mol. The van der Waals surface area contributed by atoms with Crippen LogP contribution in [0.5, 0.6) is 5.75 Å². The third-order valence-electron chi connectivity index (χ3n) is 3.39. The van der Waals surface area contributed by atoms with Gasteiger partial charge in [-0.05, 0) is 25.1 Å². The van der Waals surface area contributed by atoms with Crippen molar-refractivity contribution in [3.05, 3.63) is 60.4 Å². The number of hydrogen-bond acceptors (Lipinski definition) is 5. The molecule has 23 heavy (non-hydrogen) atoms. The fraction of sp³-hybridized carbons (Fsp3) is 0.111. The van der Waals surface area contributed by atoms with Gasteiger partial charge in [-0.3, -0.25) is 0 Å². The Morgan fingerprint density at radius 1 is 1.00 bits per heavy atom. The van der Waals surface area contributed by atoms with E-state index in [0.717, 1.165) is 16.9 Å². The Labute approximate surface area is 135 Å². The Balaban J connectivity index is 1.98. The lowest BCUT2D eigenvalue weighted by Crippen LogP contribution is -2.01. The highest BCUT2D eigenvalue weighted by molar-refractivity contribution is 5.71. The largest absolute Gasteiger partial charge is 0.495 e. The van der Waals surface area contributed by atoms with Crippen molar-refractivity contribution in [1.29, 1.82) is 0 Å². The van der Waals surface area contributed by atoms with Gasteiger partial charge in [0.15, 0.2) is 0 Å². The van der Waals surface area contributed by atoms with Gasteiger partial charge in [0, 0.05) is 17.3 Å². The van der Waals surface area contributed by atoms with Crippen LogP contribution in [0.2, 0.25) is 0 Å². The van der Waals surface area contributed by atoms with E-state index in [9.17, 15) is 0 Å². The average molecular weight is 306 g/mol. The molecule has 0 fully saturated rings. The molecule has 0 aliphatic rings. The predicted octanol–water partition coefficient (Wildman–Crippen LogP) is 3.79. The Kier molecular flexibility index (Phi) is 4.10. The first kappa shape index (κ1) is 14.8. The number of nitrogens with zero attached hydrogens (tertiary/aromatic N) is 2. The van der Waals surface area contributed by atoms with Crippen LogP contribution in [0.25, 0.3) is 11.3 Å². The van der Waals surface area contributed by atoms with Gasteiger partial charge in [-0.2, -0.15) is 0 Å². The molecule has 3 N–H and O–H groups in total. The number of benzene rings is 2. The number of nitrogen functional groups attached to an aromatic ring is 1. The second-order valence-electron chi connectivity index (χ2n) is 5.14. The Hall–Kier alpha value is -3.08. The number of nitrogens with two attached hydrogens (primary N) is 1. The maximum Gasteiger partial charge on any atom is 0.142 e. The van der Waals surface area contributed by atoms with Crippen molar-refractivity contribution < 1.29 is 4.74 Å². The third kappa shape index (κ3) is 3.40. The summed E-state index contributed by atoms with van der Waals surface area (Å²) in [7, 11) is 1.62. The van der Waals surface area contributed by atoms with Gasteiger partial charge in [-0.1, -0.05) is 30.3 Å². The van der Waals surface area contributed by atoms with Crippen LogP contribution in [0.15, 0.2) is 54.6 Å². The van der Waals surface area contributed by atoms with Crippen molar-refractivity contribution in [3.63, 3.8) is 0 Å². The lowest BCUT2D eigenvalue weighted by Gasteiger charge is -2.12. The van der Waals surface area contributed by atoms with Gasteiger partial charge in [-0.15, -0.1) is 0 Å². The quantitative estimate of drug-likeness (QED) is 0.717. The van der Waals surface area contributed by atoms with E-state index in [0.29, 0.717) is 23.1 Å². The summed E-state index contributed by atoms with van der Waals surface area (Å²) in [4.78, 5) is 8.94. The van der Waals surface area contributed by atoms with E-state index >= 15 is 0 Å². The van der Waals surface area contributed by atoms with Crippen molar-refractivity contribution in [3.8, 4) is 17.0 Å². The number of hydrogen-bond donors (Lipinski definition) is 2. The molecule has 0 saturated heterocycles. The summed E-state index contributed by atoms with van der Waals surface area (Å²) < 4.78 is 5.36. The average Bonchev–Trinajstić information content (AvgIpc) is 2.55. The summed E-state index contributed by atoms with van der Waals surface area (Å²) in [5.74, 6) is 2.09. The molecule has 0 aliphatic carbocycles. The second-order valence-corrected chi connectivity index (χ2v) is 5.14. The molecule has 1 heterocycles. The first-order valence-electron chi connectivity index (χ1n) is 7.27. The molecule has 0 aliphatic heterocycles. The Morgan fingerprint density at radius 2 is 1.78 bits per heavy atom. The van der Waals surface area contributed by atoms with Crippen LogP contribution in [0.1, 0.15) is 5.82 Å². The van der Waals surface area contributed by atoms with Gasteiger partial charge in [0.2, 0.25) is 0 Å². The molecule has 116 valence electrons. The normalized spacial score (nSPS) is 10.3. The highest BCUT2D eigenvalue weighted by Crippen LogP contribution is 2.30. The fourth-order valence-electron chi connectivity index (χ4n) is 2.35. The standard InChI is InChI=1S/C18H18N4O/c1-12-20-15(13-6-4-3-5-7-13)11-18(21-12)22-16-10-14(19)8-9-17(16)23-2/h3-11H,19H2,1-2H3,(H,20,21,22). The van der Waals surface area contributed by atoms with Crippen molar-refractivity contribution in [2.24, 2.45) is 0 Å². The van der Waals surface area contributed by atoms with Crippen LogP contribution in [0.3, 0.4) is 0 Å². The number of rotatable bonds is 4. The molecule has 3 aromatic rings. The SMILES string of the molecule is COc1ccc(N)cc1Nc1cc(-c2ccccc2)nc(C)n1. The third-order valence-corrected chi connectivity index (χ3v) is 3.39. The van der Waals surface area contributed by atoms with Crippen molar-refractivity contribution in [1.82, 2.24) is 9.97 Å². The molecule has 3 rings (SSSR count). The number of ether oxygens (including phenoxy) is 1. The molecule has 5 nitrogen and oxygen atoms in total. The van der Waals surface area contributed by atoms with Crippen LogP contribution < -0.4 is 15.8 Å². The van der Waals surface area contributed by atoms with E-state index < -0.39 is 0 Å². The summed E-state index contributed by atoms with van der Waals surface area (Å²) in [5.41, 5.74) is 9.19. The summed E-state index contributed by atoms with van der Waals surface area (Å²) in [6.07, 6.45) is 0. The summed E-state index contributed by atoms with van der Waals surface area (Å²) in [6, 6.07) is 17.3. The smallest absolute Gasteiger partial charge is 0.142 e. The van der Waals surface area contributed by atoms with Crippen molar-refractivity contribution >= 4 is 17.2 Å². The molecular formula is C18H18N4O. The van der Waals surface area contributed by atoms with Gasteiger partial charge in [0.25, 0.3) is 0 Å². The van der Waals surface area contributed by atoms with Crippen molar-refractivity contribution in [2.45, 2.75) is 6.92 Å². The van der Waals surface area contributed by atoms with E-state index in [4.69, 9.17) is 10.5 Å². The molecule has 0 amide bonds. The molecule has 1 aromatic heterocycles. The number of methoxy groups -OCH3 is 1. The molecule has 0 saturated carbocycles. The fourth-order valence-corrected chi connectivity index (χ4v) is 2.35. The number of anilines is 3. The molecule has 0 radical (unpaired) electrons. The van der Waals surface area contributed by atoms with Gasteiger partial charge in [0.05, 0.1) is 18.5 Å². The topological polar surface area (TPSA) is 73.1 Å². The summed E-state index contributed by atoms with van der Waals surface area (Å²) in [5, 5.41) is 3.26. The zero-order chi connectivity index (χ0) is 16.2. The van der Waals surface area contributed by atoms with Gasteiger partial charge in [-0.25, -0.2) is 9.97 Å². The first-order chi connectivity index (χ1) is 11.2. The predicted molar refractivity (Wildman–Crippen MR) is 92.9 cm³/mol. The van der Waals surface area contributed by atoms with Gasteiger partial charge < -0.3 is 15.8 Å². The first-order valence-corrected chi connectivity index (χ1v) is 7.27. The number of nitrogens with one attached hydrogen (secondary N) is 1. The summed E-state index contributed by atoms with van der Waals surface area (Å²) in [6.45, 7) is 1.87. The Bertz CT molecular complexity index is 819. The number of aromatic nitrogens is 2. The zero-order valence-electron chi connectivity index (χ0n) is 13.1. The number of aryl methyl sites for hydroxylation is 1. The minimum Gasteiger partial charge on any atom is -0.495 e. The highest BCUT2D eigenvalue weighted by Gasteiger charge is 2.08. The lowest BCUT2D eigenvalue weighted by molar-refractivity contribution is 0.417. The minimum absolute atomic E-state index is 0.655. The maximum atomic E-state index is 5.86. The van der Waals surface area contributed by atoms with E-state index in [2.05, 4.69) is 15.3 Å². The summed E-state index contributed by atoms with van der Waals surface area (Å²) >= 11 is 0. The highest BCUT2D eigenvalue weighted by atomic mass is 16.5. The van der Waals surface area contributed by atoms with Crippen LogP contribution in [-0.4, -0.2) is 17.1 Å². The van der Waals surface area contributed by atoms with Crippen LogP contribution >= 0.6 is 0 Å². The molecule has 0 atom stereocenters. The maximum absolute atomic E-state index is 5.86. The lowest BCUT2D eigenvalue weighted by atomic mass is 10.1. The molecule has 0 bridgehead atoms. The second kappa shape index (κ2) is 6.36. The van der Waals surface area contributed by atoms with Gasteiger partial charge in [0.1, 0.15) is 17.4 Å². The zero-order valence-corrected chi connectivity index (χ0v) is 13.1. The van der Waals surface area contributed by atoms with E-state index in [1.807, 2.05) is 55.5 Å². The van der Waals surface area contributed by atoms with E-state index in [-0.39, 0.29) is 0 Å². The molecular weight excluding hydrogens is 288 g/mol. The van der Waals surface area contributed by atoms with E-state index in [1.165, 1.54) is 0 Å². The minimum atomic E-state index is 0.655. The van der Waals surface area contributed by atoms with E-state index in [1.54, 1.807) is 13.2 Å². The molecule has 0 spiro atoms. The van der Waals surface area contributed by atoms with Crippen LogP contribution in [0, 0.1) is 6.92 Å². The molecule has 0 unspecified atom stereocenters. The van der Waals surface area contributed by atoms with Crippen LogP contribution in [0.4, 0.5) is 17.2 Å². The Morgan fingerprint density at radius 3 is 2.52 bits per heavy atom. The molecule has 5 heteroatoms. The van der Waals surface area contributed by atoms with Crippen LogP contribution in [-0.2, 0) is 0 Å². The van der Waals surface area contributed by atoms with Gasteiger partial charge >= 0.3 is 0 Å². The molecule has 2 aromatic carbocycles.